The predicted octanol–water partition coefficient (Wildman–Crippen LogP) is 3.12. The second-order valence-corrected chi connectivity index (χ2v) is 5.70. The molecule has 0 aliphatic heterocycles. The van der Waals surface area contributed by atoms with E-state index in [2.05, 4.69) is 4.98 Å². The molecule has 0 N–H and O–H groups in total. The van der Waals surface area contributed by atoms with Gasteiger partial charge in [0.1, 0.15) is 6.10 Å². The average molecular weight is 322 g/mol. The van der Waals surface area contributed by atoms with E-state index in [0.717, 1.165) is 17.0 Å². The molecule has 0 aliphatic rings. The van der Waals surface area contributed by atoms with Crippen molar-refractivity contribution in [1.29, 1.82) is 0 Å². The summed E-state index contributed by atoms with van der Waals surface area (Å²) in [5.41, 5.74) is -0.298. The number of hydrogen-bond donors (Lipinski definition) is 0. The van der Waals surface area contributed by atoms with Crippen LogP contribution in [-0.4, -0.2) is 16.7 Å². The number of methoxy groups -OCH3 is 1. The van der Waals surface area contributed by atoms with Crippen LogP contribution in [-0.2, 0) is 11.3 Å². The van der Waals surface area contributed by atoms with Gasteiger partial charge < -0.3 is 4.74 Å². The van der Waals surface area contributed by atoms with Crippen LogP contribution in [0.3, 0.4) is 0 Å². The molecule has 2 heterocycles. The largest absolute Gasteiger partial charge is 0.374 e. The predicted molar refractivity (Wildman–Crippen MR) is 80.0 cm³/mol. The van der Waals surface area contributed by atoms with Crippen LogP contribution in [0.15, 0.2) is 40.8 Å². The first-order valence-electron chi connectivity index (χ1n) is 6.50. The fourth-order valence-electron chi connectivity index (χ4n) is 2.22. The van der Waals surface area contributed by atoms with Crippen LogP contribution in [0, 0.1) is 11.6 Å². The molecule has 0 fully saturated rings. The quantitative estimate of drug-likeness (QED) is 0.741. The van der Waals surface area contributed by atoms with Crippen molar-refractivity contribution < 1.29 is 13.5 Å². The Labute approximate surface area is 128 Å². The minimum Gasteiger partial charge on any atom is -0.374 e. The van der Waals surface area contributed by atoms with Gasteiger partial charge in [-0.05, 0) is 17.5 Å². The topological polar surface area (TPSA) is 44.1 Å². The van der Waals surface area contributed by atoms with Gasteiger partial charge in [0.2, 0.25) is 0 Å². The molecule has 3 aromatic rings. The summed E-state index contributed by atoms with van der Waals surface area (Å²) in [5, 5.41) is 1.96. The van der Waals surface area contributed by atoms with Gasteiger partial charge >= 0.3 is 0 Å². The number of thiophene rings is 1. The zero-order chi connectivity index (χ0) is 15.7. The van der Waals surface area contributed by atoms with E-state index in [1.807, 2.05) is 17.5 Å². The van der Waals surface area contributed by atoms with Gasteiger partial charge in [-0.1, -0.05) is 6.07 Å². The highest BCUT2D eigenvalue weighted by molar-refractivity contribution is 7.10. The number of rotatable bonds is 4. The Hall–Kier alpha value is -2.12. The molecule has 1 atom stereocenters. The third-order valence-electron chi connectivity index (χ3n) is 3.37. The third-order valence-corrected chi connectivity index (χ3v) is 4.34. The van der Waals surface area contributed by atoms with Crippen LogP contribution in [0.25, 0.3) is 10.9 Å². The van der Waals surface area contributed by atoms with Crippen LogP contribution in [0.1, 0.15) is 11.0 Å². The van der Waals surface area contributed by atoms with Gasteiger partial charge in [-0.25, -0.2) is 13.8 Å². The zero-order valence-electron chi connectivity index (χ0n) is 11.6. The lowest BCUT2D eigenvalue weighted by Crippen LogP contribution is -2.24. The van der Waals surface area contributed by atoms with Gasteiger partial charge in [0.15, 0.2) is 11.6 Å². The molecule has 0 radical (unpaired) electrons. The van der Waals surface area contributed by atoms with E-state index in [9.17, 15) is 13.6 Å². The van der Waals surface area contributed by atoms with Gasteiger partial charge in [-0.15, -0.1) is 11.3 Å². The Kier molecular flexibility index (Phi) is 4.00. The molecule has 7 heteroatoms. The van der Waals surface area contributed by atoms with Crippen LogP contribution in [0.5, 0.6) is 0 Å². The van der Waals surface area contributed by atoms with Crippen molar-refractivity contribution in [2.75, 3.05) is 7.11 Å². The summed E-state index contributed by atoms with van der Waals surface area (Å²) in [6.45, 7) is 0.248. The van der Waals surface area contributed by atoms with Gasteiger partial charge in [0, 0.05) is 18.1 Å². The Morgan fingerprint density at radius 3 is 2.82 bits per heavy atom. The fourth-order valence-corrected chi connectivity index (χ4v) is 3.01. The molecule has 3 rings (SSSR count). The highest BCUT2D eigenvalue weighted by Gasteiger charge is 2.15. The Morgan fingerprint density at radius 1 is 1.36 bits per heavy atom. The van der Waals surface area contributed by atoms with E-state index in [1.165, 1.54) is 22.2 Å². The summed E-state index contributed by atoms with van der Waals surface area (Å²) in [6, 6.07) is 5.60. The average Bonchev–Trinajstić information content (AvgIpc) is 3.03. The van der Waals surface area contributed by atoms with Crippen molar-refractivity contribution in [1.82, 2.24) is 9.55 Å². The van der Waals surface area contributed by atoms with E-state index < -0.39 is 17.2 Å². The normalized spacial score (nSPS) is 12.7. The molecule has 114 valence electrons. The Balaban J connectivity index is 2.03. The molecule has 4 nitrogen and oxygen atoms in total. The fraction of sp³-hybridized carbons (Fsp3) is 0.200. The van der Waals surface area contributed by atoms with Crippen LogP contribution in [0.2, 0.25) is 0 Å². The molecule has 0 spiro atoms. The second kappa shape index (κ2) is 5.94. The lowest BCUT2D eigenvalue weighted by molar-refractivity contribution is 0.0897. The molecule has 0 saturated heterocycles. The van der Waals surface area contributed by atoms with Gasteiger partial charge in [-0.3, -0.25) is 9.36 Å². The van der Waals surface area contributed by atoms with Crippen molar-refractivity contribution in [2.45, 2.75) is 12.6 Å². The standard InChI is InChI=1S/C15H12F2N2O2S/c1-21-13(14-3-2-4-22-14)7-19-8-18-12-6-11(17)10(16)5-9(12)15(19)20/h2-6,8,13H,7H2,1H3. The number of ether oxygens (including phenoxy) is 1. The van der Waals surface area contributed by atoms with E-state index in [0.29, 0.717) is 0 Å². The number of fused-ring (bicyclic) bond motifs is 1. The maximum atomic E-state index is 13.3. The molecular formula is C15H12F2N2O2S. The summed E-state index contributed by atoms with van der Waals surface area (Å²) in [5.74, 6) is -2.09. The highest BCUT2D eigenvalue weighted by Crippen LogP contribution is 2.23. The molecule has 22 heavy (non-hydrogen) atoms. The van der Waals surface area contributed by atoms with E-state index in [-0.39, 0.29) is 23.6 Å². The van der Waals surface area contributed by atoms with Crippen molar-refractivity contribution >= 4 is 22.2 Å². The van der Waals surface area contributed by atoms with Crippen LogP contribution in [0.4, 0.5) is 8.78 Å². The van der Waals surface area contributed by atoms with Crippen molar-refractivity contribution in [3.63, 3.8) is 0 Å². The molecule has 0 bridgehead atoms. The number of halogens is 2. The summed E-state index contributed by atoms with van der Waals surface area (Å²) < 4.78 is 33.3. The minimum absolute atomic E-state index is 0.0439. The van der Waals surface area contributed by atoms with E-state index >= 15 is 0 Å². The summed E-state index contributed by atoms with van der Waals surface area (Å²) in [7, 11) is 1.55. The first kappa shape index (κ1) is 14.8. The smallest absolute Gasteiger partial charge is 0.261 e. The van der Waals surface area contributed by atoms with Gasteiger partial charge in [0.25, 0.3) is 5.56 Å². The molecular weight excluding hydrogens is 310 g/mol. The maximum Gasteiger partial charge on any atom is 0.261 e. The van der Waals surface area contributed by atoms with Crippen molar-refractivity contribution in [3.05, 3.63) is 62.8 Å². The molecule has 0 aliphatic carbocycles. The van der Waals surface area contributed by atoms with E-state index in [1.54, 1.807) is 7.11 Å². The Morgan fingerprint density at radius 2 is 2.14 bits per heavy atom. The Bertz CT molecular complexity index is 862. The summed E-state index contributed by atoms with van der Waals surface area (Å²) in [4.78, 5) is 17.4. The number of aromatic nitrogens is 2. The number of benzene rings is 1. The minimum atomic E-state index is -1.06. The lowest BCUT2D eigenvalue weighted by atomic mass is 10.2. The second-order valence-electron chi connectivity index (χ2n) is 4.73. The van der Waals surface area contributed by atoms with Crippen LogP contribution < -0.4 is 5.56 Å². The SMILES string of the molecule is COC(Cn1cnc2cc(F)c(F)cc2c1=O)c1cccs1. The zero-order valence-corrected chi connectivity index (χ0v) is 12.4. The molecule has 0 saturated carbocycles. The molecule has 1 aromatic carbocycles. The lowest BCUT2D eigenvalue weighted by Gasteiger charge is -2.15. The summed E-state index contributed by atoms with van der Waals surface area (Å²) in [6.07, 6.45) is 1.02. The molecule has 0 amide bonds. The molecule has 2 aromatic heterocycles. The van der Waals surface area contributed by atoms with Crippen molar-refractivity contribution in [2.24, 2.45) is 0 Å². The molecule has 1 unspecified atom stereocenters. The van der Waals surface area contributed by atoms with Gasteiger partial charge in [0.05, 0.1) is 23.8 Å². The first-order valence-corrected chi connectivity index (χ1v) is 7.38. The van der Waals surface area contributed by atoms with Crippen molar-refractivity contribution in [3.8, 4) is 0 Å². The third kappa shape index (κ3) is 2.65. The van der Waals surface area contributed by atoms with E-state index in [4.69, 9.17) is 4.74 Å². The monoisotopic (exact) mass is 322 g/mol. The maximum absolute atomic E-state index is 13.3. The van der Waals surface area contributed by atoms with Gasteiger partial charge in [-0.2, -0.15) is 0 Å². The van der Waals surface area contributed by atoms with Crippen LogP contribution >= 0.6 is 11.3 Å². The number of hydrogen-bond acceptors (Lipinski definition) is 4. The summed E-state index contributed by atoms with van der Waals surface area (Å²) >= 11 is 1.52. The number of nitrogens with zero attached hydrogens (tertiary/aromatic N) is 2. The first-order chi connectivity index (χ1) is 10.6. The highest BCUT2D eigenvalue weighted by atomic mass is 32.1.